The summed E-state index contributed by atoms with van der Waals surface area (Å²) in [6.45, 7) is 5.84. The van der Waals surface area contributed by atoms with Crippen LogP contribution in [0.4, 0.5) is 0 Å². The number of nitriles is 1. The molecule has 2 rings (SSSR count). The Kier molecular flexibility index (Phi) is 6.18. The molecule has 0 saturated heterocycles. The highest BCUT2D eigenvalue weighted by atomic mass is 16.5. The summed E-state index contributed by atoms with van der Waals surface area (Å²) in [5, 5.41) is 12.5. The first-order valence-electron chi connectivity index (χ1n) is 8.41. The number of amides is 1. The first-order chi connectivity index (χ1) is 12.3. The van der Waals surface area contributed by atoms with Crippen LogP contribution in [0.25, 0.3) is 17.0 Å². The van der Waals surface area contributed by atoms with Gasteiger partial charge in [0.15, 0.2) is 6.61 Å². The van der Waals surface area contributed by atoms with Gasteiger partial charge in [0.1, 0.15) is 0 Å². The Hall–Kier alpha value is -3.07. The predicted octanol–water partition coefficient (Wildman–Crippen LogP) is 3.03. The van der Waals surface area contributed by atoms with E-state index in [-0.39, 0.29) is 18.1 Å². The predicted molar refractivity (Wildman–Crippen MR) is 100 cm³/mol. The van der Waals surface area contributed by atoms with Crippen LogP contribution in [0.2, 0.25) is 0 Å². The lowest BCUT2D eigenvalue weighted by Crippen LogP contribution is -2.42. The van der Waals surface area contributed by atoms with E-state index in [1.807, 2.05) is 55.8 Å². The second kappa shape index (κ2) is 8.34. The number of carbonyl (C=O) groups is 2. The second-order valence-electron chi connectivity index (χ2n) is 6.94. The lowest BCUT2D eigenvalue weighted by Gasteiger charge is -2.20. The number of fused-ring (bicyclic) bond motifs is 1. The molecule has 2 aromatic rings. The minimum Gasteiger partial charge on any atom is -0.452 e. The van der Waals surface area contributed by atoms with Gasteiger partial charge in [-0.15, -0.1) is 0 Å². The van der Waals surface area contributed by atoms with E-state index in [9.17, 15) is 9.59 Å². The van der Waals surface area contributed by atoms with Crippen LogP contribution in [-0.4, -0.2) is 28.6 Å². The van der Waals surface area contributed by atoms with Crippen LogP contribution in [0.15, 0.2) is 36.5 Å². The van der Waals surface area contributed by atoms with E-state index in [0.717, 1.165) is 16.5 Å². The first kappa shape index (κ1) is 19.3. The van der Waals surface area contributed by atoms with Crippen LogP contribution < -0.4 is 5.32 Å². The van der Waals surface area contributed by atoms with Crippen molar-refractivity contribution in [1.82, 2.24) is 9.88 Å². The molecule has 0 bridgehead atoms. The molecule has 1 aromatic carbocycles. The molecule has 0 aliphatic rings. The number of nitrogens with one attached hydrogen (secondary N) is 1. The summed E-state index contributed by atoms with van der Waals surface area (Å²) in [6.07, 6.45) is 5.28. The van der Waals surface area contributed by atoms with Gasteiger partial charge in [-0.25, -0.2) is 4.79 Å². The zero-order valence-corrected chi connectivity index (χ0v) is 15.3. The smallest absolute Gasteiger partial charge is 0.331 e. The maximum Gasteiger partial charge on any atom is 0.331 e. The van der Waals surface area contributed by atoms with Crippen molar-refractivity contribution in [3.8, 4) is 6.07 Å². The topological polar surface area (TPSA) is 84.1 Å². The van der Waals surface area contributed by atoms with Crippen molar-refractivity contribution in [1.29, 1.82) is 5.26 Å². The minimum atomic E-state index is -0.581. The van der Waals surface area contributed by atoms with Gasteiger partial charge in [0, 0.05) is 40.8 Å². The number of carbonyl (C=O) groups excluding carboxylic acids is 2. The number of hydrogen-bond donors (Lipinski definition) is 1. The average molecular weight is 353 g/mol. The van der Waals surface area contributed by atoms with Crippen molar-refractivity contribution >= 4 is 28.9 Å². The van der Waals surface area contributed by atoms with Gasteiger partial charge in [-0.3, -0.25) is 4.79 Å². The number of hydrogen-bond acceptors (Lipinski definition) is 4. The SMILES string of the molecule is CC(C)(C)NC(=O)COC(=O)/C=C/c1cn(CCC#N)c2ccccc12. The molecule has 0 saturated carbocycles. The standard InChI is InChI=1S/C20H23N3O3/c1-20(2,3)22-18(24)14-26-19(25)10-9-15-13-23(12-6-11-21)17-8-5-4-7-16(15)17/h4-5,7-10,13H,6,12,14H2,1-3H3,(H,22,24)/b10-9+. The van der Waals surface area contributed by atoms with Crippen molar-refractivity contribution in [2.24, 2.45) is 0 Å². The molecule has 1 heterocycles. The fourth-order valence-corrected chi connectivity index (χ4v) is 2.56. The quantitative estimate of drug-likeness (QED) is 0.639. The number of nitrogens with zero attached hydrogens (tertiary/aromatic N) is 2. The molecule has 26 heavy (non-hydrogen) atoms. The Morgan fingerprint density at radius 1 is 1.31 bits per heavy atom. The fraction of sp³-hybridized carbons (Fsp3) is 0.350. The van der Waals surface area contributed by atoms with Gasteiger partial charge in [0.05, 0.1) is 12.5 Å². The van der Waals surface area contributed by atoms with Crippen LogP contribution in [0.5, 0.6) is 0 Å². The number of para-hydroxylation sites is 1. The van der Waals surface area contributed by atoms with E-state index in [1.165, 1.54) is 6.08 Å². The van der Waals surface area contributed by atoms with E-state index in [0.29, 0.717) is 13.0 Å². The molecular weight excluding hydrogens is 330 g/mol. The molecule has 0 fully saturated rings. The Bertz CT molecular complexity index is 867. The number of benzene rings is 1. The van der Waals surface area contributed by atoms with Gasteiger partial charge in [-0.1, -0.05) is 18.2 Å². The third kappa shape index (κ3) is 5.49. The number of aromatic nitrogens is 1. The van der Waals surface area contributed by atoms with Crippen molar-refractivity contribution in [3.63, 3.8) is 0 Å². The largest absolute Gasteiger partial charge is 0.452 e. The van der Waals surface area contributed by atoms with E-state index < -0.39 is 5.97 Å². The number of aryl methyl sites for hydroxylation is 1. The zero-order valence-electron chi connectivity index (χ0n) is 15.3. The molecule has 136 valence electrons. The Morgan fingerprint density at radius 2 is 2.04 bits per heavy atom. The first-order valence-corrected chi connectivity index (χ1v) is 8.41. The van der Waals surface area contributed by atoms with Gasteiger partial charge in [0.25, 0.3) is 5.91 Å². The van der Waals surface area contributed by atoms with Gasteiger partial charge < -0.3 is 14.6 Å². The van der Waals surface area contributed by atoms with Crippen molar-refractivity contribution in [3.05, 3.63) is 42.1 Å². The normalized spacial score (nSPS) is 11.5. The lowest BCUT2D eigenvalue weighted by molar-refractivity contribution is -0.144. The van der Waals surface area contributed by atoms with E-state index in [2.05, 4.69) is 11.4 Å². The maximum atomic E-state index is 11.9. The Labute approximate surface area is 153 Å². The lowest BCUT2D eigenvalue weighted by atomic mass is 10.1. The van der Waals surface area contributed by atoms with Crippen LogP contribution in [0, 0.1) is 11.3 Å². The summed E-state index contributed by atoms with van der Waals surface area (Å²) >= 11 is 0. The highest BCUT2D eigenvalue weighted by Gasteiger charge is 2.14. The van der Waals surface area contributed by atoms with Crippen LogP contribution in [0.1, 0.15) is 32.8 Å². The third-order valence-corrected chi connectivity index (χ3v) is 3.54. The van der Waals surface area contributed by atoms with Gasteiger partial charge in [-0.2, -0.15) is 5.26 Å². The van der Waals surface area contributed by atoms with E-state index >= 15 is 0 Å². The molecule has 1 amide bonds. The highest BCUT2D eigenvalue weighted by molar-refractivity contribution is 5.95. The molecule has 0 radical (unpaired) electrons. The minimum absolute atomic E-state index is 0.315. The van der Waals surface area contributed by atoms with Gasteiger partial charge >= 0.3 is 5.97 Å². The fourth-order valence-electron chi connectivity index (χ4n) is 2.56. The zero-order chi connectivity index (χ0) is 19.2. The average Bonchev–Trinajstić information content (AvgIpc) is 2.93. The van der Waals surface area contributed by atoms with Crippen molar-refractivity contribution < 1.29 is 14.3 Å². The molecule has 0 atom stereocenters. The van der Waals surface area contributed by atoms with E-state index in [4.69, 9.17) is 10.00 Å². The highest BCUT2D eigenvalue weighted by Crippen LogP contribution is 2.22. The molecule has 0 unspecified atom stereocenters. The molecule has 6 heteroatoms. The van der Waals surface area contributed by atoms with E-state index in [1.54, 1.807) is 6.08 Å². The summed E-state index contributed by atoms with van der Waals surface area (Å²) in [5.41, 5.74) is 1.49. The summed E-state index contributed by atoms with van der Waals surface area (Å²) in [4.78, 5) is 23.5. The molecule has 6 nitrogen and oxygen atoms in total. The summed E-state index contributed by atoms with van der Waals surface area (Å²) in [5.74, 6) is -0.921. The molecule has 1 aromatic heterocycles. The molecule has 1 N–H and O–H groups in total. The summed E-state index contributed by atoms with van der Waals surface area (Å²) in [7, 11) is 0. The van der Waals surface area contributed by atoms with Crippen LogP contribution >= 0.6 is 0 Å². The molecular formula is C20H23N3O3. The molecule has 0 spiro atoms. The maximum absolute atomic E-state index is 11.9. The summed E-state index contributed by atoms with van der Waals surface area (Å²) < 4.78 is 6.95. The molecule has 0 aliphatic heterocycles. The van der Waals surface area contributed by atoms with Crippen molar-refractivity contribution in [2.75, 3.05) is 6.61 Å². The van der Waals surface area contributed by atoms with Crippen LogP contribution in [-0.2, 0) is 20.9 Å². The second-order valence-corrected chi connectivity index (χ2v) is 6.94. The van der Waals surface area contributed by atoms with Gasteiger partial charge in [-0.05, 0) is 32.9 Å². The third-order valence-electron chi connectivity index (χ3n) is 3.54. The van der Waals surface area contributed by atoms with Gasteiger partial charge in [0.2, 0.25) is 0 Å². The van der Waals surface area contributed by atoms with Crippen LogP contribution in [0.3, 0.4) is 0 Å². The number of esters is 1. The summed E-state index contributed by atoms with van der Waals surface area (Å²) in [6, 6.07) is 9.91. The monoisotopic (exact) mass is 353 g/mol. The Morgan fingerprint density at radius 3 is 2.73 bits per heavy atom. The number of ether oxygens (including phenoxy) is 1. The Balaban J connectivity index is 2.04. The molecule has 0 aliphatic carbocycles. The van der Waals surface area contributed by atoms with Crippen molar-refractivity contribution in [2.45, 2.75) is 39.3 Å². The number of rotatable bonds is 6.